The molecule has 130 valence electrons. The molecule has 0 aliphatic rings. The third-order valence-corrected chi connectivity index (χ3v) is 4.67. The lowest BCUT2D eigenvalue weighted by molar-refractivity contribution is 0.306. The van der Waals surface area contributed by atoms with Crippen LogP contribution in [-0.2, 0) is 10.2 Å². The Morgan fingerprint density at radius 3 is 2.33 bits per heavy atom. The Hall–Kier alpha value is -2.23. The molecule has 1 heterocycles. The quantitative estimate of drug-likeness (QED) is 0.710. The normalized spacial score (nSPS) is 11.5. The molecule has 0 amide bonds. The summed E-state index contributed by atoms with van der Waals surface area (Å²) in [5, 5.41) is 8.07. The Labute approximate surface area is 141 Å². The van der Waals surface area contributed by atoms with Gasteiger partial charge in [0, 0.05) is 32.3 Å². The van der Waals surface area contributed by atoms with Crippen LogP contribution in [0.3, 0.4) is 0 Å². The second-order valence-electron chi connectivity index (χ2n) is 5.02. The highest BCUT2D eigenvalue weighted by Crippen LogP contribution is 2.20. The minimum absolute atomic E-state index is 0.141. The van der Waals surface area contributed by atoms with Crippen LogP contribution in [-0.4, -0.2) is 57.3 Å². The number of hydrogen-bond acceptors (Lipinski definition) is 6. The zero-order valence-electron chi connectivity index (χ0n) is 13.8. The van der Waals surface area contributed by atoms with Crippen molar-refractivity contribution in [3.05, 3.63) is 36.4 Å². The molecule has 0 spiro atoms. The van der Waals surface area contributed by atoms with Crippen LogP contribution in [0.4, 0.5) is 0 Å². The van der Waals surface area contributed by atoms with Gasteiger partial charge in [-0.15, -0.1) is 10.2 Å². The van der Waals surface area contributed by atoms with Gasteiger partial charge in [0.2, 0.25) is 5.88 Å². The lowest BCUT2D eigenvalue weighted by atomic mass is 10.1. The highest BCUT2D eigenvalue weighted by molar-refractivity contribution is 7.87. The first-order valence-corrected chi connectivity index (χ1v) is 8.64. The second-order valence-corrected chi connectivity index (χ2v) is 6.98. The van der Waals surface area contributed by atoms with Crippen LogP contribution in [0.15, 0.2) is 36.4 Å². The zero-order chi connectivity index (χ0) is 17.6. The van der Waals surface area contributed by atoms with Crippen LogP contribution in [0.1, 0.15) is 0 Å². The van der Waals surface area contributed by atoms with Crippen LogP contribution in [0.2, 0.25) is 0 Å². The highest BCUT2D eigenvalue weighted by Gasteiger charge is 2.11. The zero-order valence-corrected chi connectivity index (χ0v) is 14.6. The molecular weight excluding hydrogens is 332 g/mol. The average molecular weight is 352 g/mol. The van der Waals surface area contributed by atoms with E-state index in [1.54, 1.807) is 19.2 Å². The Morgan fingerprint density at radius 1 is 1.08 bits per heavy atom. The maximum Gasteiger partial charge on any atom is 0.279 e. The van der Waals surface area contributed by atoms with Crippen LogP contribution < -0.4 is 14.2 Å². The average Bonchev–Trinajstić information content (AvgIpc) is 2.59. The molecule has 0 aliphatic carbocycles. The smallest absolute Gasteiger partial charge is 0.279 e. The lowest BCUT2D eigenvalue weighted by Crippen LogP contribution is -2.37. The molecule has 2 aromatic rings. The molecule has 8 nitrogen and oxygen atoms in total. The molecule has 1 aromatic carbocycles. The number of rotatable bonds is 8. The Balaban J connectivity index is 1.88. The standard InChI is InChI=1S/C15H20N4O4S/c1-19(2)24(20,21)16-10-11-23-15-9-8-14(17-18-15)12-4-6-13(22-3)7-5-12/h4-9,16H,10-11H2,1-3H3. The van der Waals surface area contributed by atoms with Crippen LogP contribution in [0.5, 0.6) is 11.6 Å². The first-order valence-electron chi connectivity index (χ1n) is 7.20. The summed E-state index contributed by atoms with van der Waals surface area (Å²) in [6.45, 7) is 0.298. The van der Waals surface area contributed by atoms with Gasteiger partial charge in [-0.25, -0.2) is 0 Å². The topological polar surface area (TPSA) is 93.6 Å². The molecule has 0 fully saturated rings. The predicted molar refractivity (Wildman–Crippen MR) is 90.1 cm³/mol. The van der Waals surface area contributed by atoms with Gasteiger partial charge in [-0.2, -0.15) is 17.4 Å². The number of nitrogens with one attached hydrogen (secondary N) is 1. The lowest BCUT2D eigenvalue weighted by Gasteiger charge is -2.12. The van der Waals surface area contributed by atoms with E-state index in [-0.39, 0.29) is 13.2 Å². The second kappa shape index (κ2) is 8.04. The Bertz CT molecular complexity index is 746. The van der Waals surface area contributed by atoms with Crippen LogP contribution >= 0.6 is 0 Å². The molecule has 1 N–H and O–H groups in total. The van der Waals surface area contributed by atoms with Crippen molar-refractivity contribution in [3.8, 4) is 22.9 Å². The van der Waals surface area contributed by atoms with E-state index in [0.717, 1.165) is 15.6 Å². The summed E-state index contributed by atoms with van der Waals surface area (Å²) in [6.07, 6.45) is 0. The number of ether oxygens (including phenoxy) is 2. The summed E-state index contributed by atoms with van der Waals surface area (Å²) in [5.41, 5.74) is 1.62. The third kappa shape index (κ3) is 4.88. The van der Waals surface area contributed by atoms with E-state index in [4.69, 9.17) is 9.47 Å². The molecule has 0 unspecified atom stereocenters. The van der Waals surface area contributed by atoms with Crippen molar-refractivity contribution in [2.24, 2.45) is 0 Å². The van der Waals surface area contributed by atoms with Gasteiger partial charge in [0.15, 0.2) is 0 Å². The molecule has 0 aliphatic heterocycles. The SMILES string of the molecule is COc1ccc(-c2ccc(OCCNS(=O)(=O)N(C)C)nn2)cc1. The summed E-state index contributed by atoms with van der Waals surface area (Å²) in [4.78, 5) is 0. The molecule has 1 aromatic heterocycles. The van der Waals surface area contributed by atoms with Crippen molar-refractivity contribution >= 4 is 10.2 Å². The molecule has 0 bridgehead atoms. The third-order valence-electron chi connectivity index (χ3n) is 3.14. The van der Waals surface area contributed by atoms with Gasteiger partial charge in [-0.3, -0.25) is 0 Å². The Morgan fingerprint density at radius 2 is 1.79 bits per heavy atom. The molecule has 24 heavy (non-hydrogen) atoms. The number of nitrogens with zero attached hydrogens (tertiary/aromatic N) is 3. The molecule has 2 rings (SSSR count). The van der Waals surface area contributed by atoms with Gasteiger partial charge < -0.3 is 9.47 Å². The van der Waals surface area contributed by atoms with E-state index in [0.29, 0.717) is 11.6 Å². The van der Waals surface area contributed by atoms with E-state index in [1.165, 1.54) is 14.1 Å². The van der Waals surface area contributed by atoms with Gasteiger partial charge in [0.25, 0.3) is 10.2 Å². The number of benzene rings is 1. The molecule has 9 heteroatoms. The van der Waals surface area contributed by atoms with Gasteiger partial charge >= 0.3 is 0 Å². The van der Waals surface area contributed by atoms with Gasteiger partial charge in [-0.1, -0.05) is 0 Å². The van der Waals surface area contributed by atoms with Crippen LogP contribution in [0.25, 0.3) is 11.3 Å². The largest absolute Gasteiger partial charge is 0.497 e. The van der Waals surface area contributed by atoms with Gasteiger partial charge in [0.1, 0.15) is 12.4 Å². The van der Waals surface area contributed by atoms with E-state index in [9.17, 15) is 8.42 Å². The predicted octanol–water partition coefficient (Wildman–Crippen LogP) is 0.927. The summed E-state index contributed by atoms with van der Waals surface area (Å²) in [5.74, 6) is 1.10. The number of methoxy groups -OCH3 is 1. The van der Waals surface area contributed by atoms with Crippen LogP contribution in [0, 0.1) is 0 Å². The molecule has 0 saturated carbocycles. The van der Waals surface area contributed by atoms with E-state index < -0.39 is 10.2 Å². The highest BCUT2D eigenvalue weighted by atomic mass is 32.2. The van der Waals surface area contributed by atoms with Crippen molar-refractivity contribution in [1.82, 2.24) is 19.2 Å². The number of aromatic nitrogens is 2. The van der Waals surface area contributed by atoms with Gasteiger partial charge in [-0.05, 0) is 30.3 Å². The fourth-order valence-corrected chi connectivity index (χ4v) is 2.37. The maximum absolute atomic E-state index is 11.5. The molecule has 0 radical (unpaired) electrons. The van der Waals surface area contributed by atoms with Crippen molar-refractivity contribution in [1.29, 1.82) is 0 Å². The fourth-order valence-electron chi connectivity index (χ4n) is 1.77. The minimum atomic E-state index is -3.44. The minimum Gasteiger partial charge on any atom is -0.497 e. The monoisotopic (exact) mass is 352 g/mol. The maximum atomic E-state index is 11.5. The van der Waals surface area contributed by atoms with Crippen molar-refractivity contribution < 1.29 is 17.9 Å². The van der Waals surface area contributed by atoms with Crippen molar-refractivity contribution in [3.63, 3.8) is 0 Å². The summed E-state index contributed by atoms with van der Waals surface area (Å²) >= 11 is 0. The van der Waals surface area contributed by atoms with E-state index >= 15 is 0 Å². The molecule has 0 atom stereocenters. The first kappa shape index (κ1) is 18.1. The number of hydrogen-bond donors (Lipinski definition) is 1. The van der Waals surface area contributed by atoms with Crippen molar-refractivity contribution in [2.75, 3.05) is 34.4 Å². The summed E-state index contributed by atoms with van der Waals surface area (Å²) < 4.78 is 37.0. The summed E-state index contributed by atoms with van der Waals surface area (Å²) in [6, 6.07) is 10.9. The Kier molecular flexibility index (Phi) is 6.07. The van der Waals surface area contributed by atoms with Crippen molar-refractivity contribution in [2.45, 2.75) is 0 Å². The van der Waals surface area contributed by atoms with E-state index in [2.05, 4.69) is 14.9 Å². The summed E-state index contributed by atoms with van der Waals surface area (Å²) in [7, 11) is 1.07. The molecule has 0 saturated heterocycles. The fraction of sp³-hybridized carbons (Fsp3) is 0.333. The molecular formula is C15H20N4O4S. The first-order chi connectivity index (χ1) is 11.4. The van der Waals surface area contributed by atoms with Gasteiger partial charge in [0.05, 0.1) is 12.8 Å². The van der Waals surface area contributed by atoms with E-state index in [1.807, 2.05) is 24.3 Å².